The van der Waals surface area contributed by atoms with Crippen LogP contribution >= 0.6 is 0 Å². The minimum atomic E-state index is 0.341. The second kappa shape index (κ2) is 6.48. The fourth-order valence-electron chi connectivity index (χ4n) is 3.49. The monoisotopic (exact) mass is 287 g/mol. The third kappa shape index (κ3) is 3.21. The molecule has 2 aromatic rings. The van der Waals surface area contributed by atoms with Crippen LogP contribution in [0, 0.1) is 0 Å². The summed E-state index contributed by atoms with van der Waals surface area (Å²) >= 11 is 0. The van der Waals surface area contributed by atoms with Gasteiger partial charge in [0.05, 0.1) is 11.7 Å². The smallest absolute Gasteiger partial charge is 0.120 e. The molecule has 1 aliphatic rings. The van der Waals surface area contributed by atoms with Crippen molar-refractivity contribution >= 4 is 10.9 Å². The number of fused-ring (bicyclic) bond motifs is 1. The third-order valence-electron chi connectivity index (χ3n) is 4.64. The molecule has 1 fully saturated rings. The van der Waals surface area contributed by atoms with Crippen LogP contribution in [0.15, 0.2) is 24.4 Å². The van der Waals surface area contributed by atoms with Crippen LogP contribution < -0.4 is 4.74 Å². The molecule has 0 bridgehead atoms. The van der Waals surface area contributed by atoms with E-state index < -0.39 is 0 Å². The van der Waals surface area contributed by atoms with Gasteiger partial charge < -0.3 is 9.64 Å². The normalized spacial score (nSPS) is 22.8. The molecule has 2 atom stereocenters. The Balaban J connectivity index is 1.66. The molecule has 1 N–H and O–H groups in total. The lowest BCUT2D eigenvalue weighted by Crippen LogP contribution is -2.41. The van der Waals surface area contributed by atoms with Crippen LogP contribution in [0.5, 0.6) is 5.75 Å². The van der Waals surface area contributed by atoms with Crippen LogP contribution in [0.4, 0.5) is 0 Å². The summed E-state index contributed by atoms with van der Waals surface area (Å²) in [4.78, 5) is 2.56. The Labute approximate surface area is 126 Å². The molecule has 1 aliphatic carbocycles. The summed E-state index contributed by atoms with van der Waals surface area (Å²) < 4.78 is 6.23. The quantitative estimate of drug-likeness (QED) is 0.913. The fourth-order valence-corrected chi connectivity index (χ4v) is 3.49. The molecule has 0 radical (unpaired) electrons. The molecular formula is C17H25N3O. The lowest BCUT2D eigenvalue weighted by atomic mass is 9.91. The van der Waals surface area contributed by atoms with Crippen molar-refractivity contribution in [3.63, 3.8) is 0 Å². The average Bonchev–Trinajstić information content (AvgIpc) is 2.96. The Kier molecular flexibility index (Phi) is 4.44. The standard InChI is InChI=1S/C17H25N3O/c1-3-20(4-2)14-6-5-7-15(11-14)21-16-8-9-17-13(10-16)12-18-19-17/h8-10,12,14-15H,3-7,11H2,1-2H3,(H,18,19)/t14-,15-/m1/s1. The van der Waals surface area contributed by atoms with Gasteiger partial charge in [0.25, 0.3) is 0 Å². The van der Waals surface area contributed by atoms with Gasteiger partial charge in [-0.3, -0.25) is 5.10 Å². The first kappa shape index (κ1) is 14.4. The summed E-state index contributed by atoms with van der Waals surface area (Å²) in [5, 5.41) is 8.15. The molecule has 1 heterocycles. The van der Waals surface area contributed by atoms with Crippen LogP contribution in [0.25, 0.3) is 10.9 Å². The Morgan fingerprint density at radius 2 is 2.14 bits per heavy atom. The van der Waals surface area contributed by atoms with Gasteiger partial charge >= 0.3 is 0 Å². The van der Waals surface area contributed by atoms with E-state index in [0.717, 1.165) is 36.2 Å². The van der Waals surface area contributed by atoms with Crippen molar-refractivity contribution in [1.82, 2.24) is 15.1 Å². The van der Waals surface area contributed by atoms with Crippen LogP contribution in [-0.2, 0) is 0 Å². The predicted molar refractivity (Wildman–Crippen MR) is 85.7 cm³/mol. The lowest BCUT2D eigenvalue weighted by Gasteiger charge is -2.36. The van der Waals surface area contributed by atoms with E-state index in [1.165, 1.54) is 19.3 Å². The molecule has 114 valence electrons. The molecule has 1 aromatic carbocycles. The zero-order valence-electron chi connectivity index (χ0n) is 13.0. The number of nitrogens with one attached hydrogen (secondary N) is 1. The maximum Gasteiger partial charge on any atom is 0.120 e. The second-order valence-corrected chi connectivity index (χ2v) is 5.90. The van der Waals surface area contributed by atoms with E-state index in [0.29, 0.717) is 12.1 Å². The Bertz CT molecular complexity index is 576. The Morgan fingerprint density at radius 1 is 1.29 bits per heavy atom. The highest BCUT2D eigenvalue weighted by Crippen LogP contribution is 2.28. The topological polar surface area (TPSA) is 41.1 Å². The summed E-state index contributed by atoms with van der Waals surface area (Å²) in [5.41, 5.74) is 1.06. The van der Waals surface area contributed by atoms with Crippen molar-refractivity contribution < 1.29 is 4.74 Å². The van der Waals surface area contributed by atoms with Gasteiger partial charge in [-0.2, -0.15) is 5.10 Å². The lowest BCUT2D eigenvalue weighted by molar-refractivity contribution is 0.0819. The van der Waals surface area contributed by atoms with E-state index in [9.17, 15) is 0 Å². The number of benzene rings is 1. The second-order valence-electron chi connectivity index (χ2n) is 5.90. The number of ether oxygens (including phenoxy) is 1. The molecular weight excluding hydrogens is 262 g/mol. The number of hydrogen-bond donors (Lipinski definition) is 1. The van der Waals surface area contributed by atoms with Gasteiger partial charge in [-0.1, -0.05) is 13.8 Å². The van der Waals surface area contributed by atoms with Crippen molar-refractivity contribution in [2.24, 2.45) is 0 Å². The van der Waals surface area contributed by atoms with Gasteiger partial charge in [-0.15, -0.1) is 0 Å². The molecule has 1 saturated carbocycles. The van der Waals surface area contributed by atoms with Gasteiger partial charge in [-0.25, -0.2) is 0 Å². The van der Waals surface area contributed by atoms with Crippen LogP contribution in [0.1, 0.15) is 39.5 Å². The molecule has 0 aliphatic heterocycles. The van der Waals surface area contributed by atoms with Crippen molar-refractivity contribution in [3.05, 3.63) is 24.4 Å². The summed E-state index contributed by atoms with van der Waals surface area (Å²) in [6.07, 6.45) is 7.07. The number of aromatic amines is 1. The minimum absolute atomic E-state index is 0.341. The fraction of sp³-hybridized carbons (Fsp3) is 0.588. The number of rotatable bonds is 5. The molecule has 3 rings (SSSR count). The largest absolute Gasteiger partial charge is 0.490 e. The highest BCUT2D eigenvalue weighted by Gasteiger charge is 2.26. The van der Waals surface area contributed by atoms with Gasteiger partial charge in [0.15, 0.2) is 0 Å². The molecule has 0 spiro atoms. The zero-order chi connectivity index (χ0) is 14.7. The maximum absolute atomic E-state index is 6.23. The zero-order valence-corrected chi connectivity index (χ0v) is 13.0. The van der Waals surface area contributed by atoms with Gasteiger partial charge in [0, 0.05) is 11.4 Å². The van der Waals surface area contributed by atoms with Crippen molar-refractivity contribution in [2.45, 2.75) is 51.7 Å². The Morgan fingerprint density at radius 3 is 2.95 bits per heavy atom. The molecule has 0 unspecified atom stereocenters. The van der Waals surface area contributed by atoms with Crippen molar-refractivity contribution in [3.8, 4) is 5.75 Å². The number of nitrogens with zero attached hydrogens (tertiary/aromatic N) is 2. The maximum atomic E-state index is 6.23. The highest BCUT2D eigenvalue weighted by atomic mass is 16.5. The van der Waals surface area contributed by atoms with Gasteiger partial charge in [-0.05, 0) is 57.0 Å². The van der Waals surface area contributed by atoms with E-state index in [1.807, 2.05) is 18.3 Å². The van der Waals surface area contributed by atoms with Crippen molar-refractivity contribution in [1.29, 1.82) is 0 Å². The first-order chi connectivity index (χ1) is 10.3. The summed E-state index contributed by atoms with van der Waals surface area (Å²) in [7, 11) is 0. The average molecular weight is 287 g/mol. The number of H-pyrrole nitrogens is 1. The van der Waals surface area contributed by atoms with E-state index in [2.05, 4.69) is 35.0 Å². The molecule has 21 heavy (non-hydrogen) atoms. The molecule has 0 amide bonds. The van der Waals surface area contributed by atoms with Crippen molar-refractivity contribution in [2.75, 3.05) is 13.1 Å². The van der Waals surface area contributed by atoms with E-state index in [-0.39, 0.29) is 0 Å². The predicted octanol–water partition coefficient (Wildman–Crippen LogP) is 3.59. The van der Waals surface area contributed by atoms with Crippen LogP contribution in [0.3, 0.4) is 0 Å². The highest BCUT2D eigenvalue weighted by molar-refractivity contribution is 5.79. The van der Waals surface area contributed by atoms with E-state index in [4.69, 9.17) is 4.74 Å². The Hall–Kier alpha value is -1.55. The van der Waals surface area contributed by atoms with E-state index >= 15 is 0 Å². The first-order valence-electron chi connectivity index (χ1n) is 8.14. The molecule has 4 nitrogen and oxygen atoms in total. The molecule has 4 heteroatoms. The number of hydrogen-bond acceptors (Lipinski definition) is 3. The molecule has 0 saturated heterocycles. The minimum Gasteiger partial charge on any atom is -0.490 e. The summed E-state index contributed by atoms with van der Waals surface area (Å²) in [5.74, 6) is 0.967. The van der Waals surface area contributed by atoms with E-state index in [1.54, 1.807) is 0 Å². The number of aromatic nitrogens is 2. The van der Waals surface area contributed by atoms with Gasteiger partial charge in [0.2, 0.25) is 0 Å². The first-order valence-corrected chi connectivity index (χ1v) is 8.14. The van der Waals surface area contributed by atoms with Crippen LogP contribution in [-0.4, -0.2) is 40.3 Å². The third-order valence-corrected chi connectivity index (χ3v) is 4.64. The molecule has 1 aromatic heterocycles. The summed E-state index contributed by atoms with van der Waals surface area (Å²) in [6, 6.07) is 6.85. The van der Waals surface area contributed by atoms with Crippen LogP contribution in [0.2, 0.25) is 0 Å². The summed E-state index contributed by atoms with van der Waals surface area (Å²) in [6.45, 7) is 6.77. The SMILES string of the molecule is CCN(CC)[C@@H]1CCC[C@@H](Oc2ccc3[nH]ncc3c2)C1. The van der Waals surface area contributed by atoms with Gasteiger partial charge in [0.1, 0.15) is 11.9 Å².